The fraction of sp³-hybridized carbons (Fsp3) is 0.562. The summed E-state index contributed by atoms with van der Waals surface area (Å²) in [6.45, 7) is 9.18. The van der Waals surface area contributed by atoms with Gasteiger partial charge in [-0.05, 0) is 29.9 Å². The molecule has 0 spiro atoms. The summed E-state index contributed by atoms with van der Waals surface area (Å²) in [6, 6.07) is 0. The smallest absolute Gasteiger partial charge is 0.307 e. The standard InChI is InChI=1S/C16H23N3O2/c1-5-11-12(7-15(20)21)14(6-2)18-16-13(11)8-17-19(16)9-10(3)4/h8,10H,5-7,9H2,1-4H3,(H,20,21). The third kappa shape index (κ3) is 3.06. The maximum Gasteiger partial charge on any atom is 0.307 e. The number of hydrogen-bond donors (Lipinski definition) is 1. The lowest BCUT2D eigenvalue weighted by atomic mass is 9.97. The van der Waals surface area contributed by atoms with Crippen molar-refractivity contribution in [2.24, 2.45) is 5.92 Å². The number of carbonyl (C=O) groups is 1. The molecular formula is C16H23N3O2. The number of aryl methyl sites for hydroxylation is 2. The number of nitrogens with zero attached hydrogens (tertiary/aromatic N) is 3. The van der Waals surface area contributed by atoms with E-state index in [1.165, 1.54) is 0 Å². The van der Waals surface area contributed by atoms with Crippen LogP contribution in [0.2, 0.25) is 0 Å². The molecule has 0 aliphatic rings. The Morgan fingerprint density at radius 3 is 2.52 bits per heavy atom. The second kappa shape index (κ2) is 6.24. The molecule has 5 nitrogen and oxygen atoms in total. The van der Waals surface area contributed by atoms with Crippen LogP contribution in [0, 0.1) is 5.92 Å². The molecule has 0 unspecified atom stereocenters. The Bertz CT molecular complexity index is 659. The number of fused-ring (bicyclic) bond motifs is 1. The van der Waals surface area contributed by atoms with Crippen molar-refractivity contribution < 1.29 is 9.90 Å². The zero-order chi connectivity index (χ0) is 15.6. The molecule has 0 aliphatic carbocycles. The van der Waals surface area contributed by atoms with E-state index in [-0.39, 0.29) is 6.42 Å². The summed E-state index contributed by atoms with van der Waals surface area (Å²) in [7, 11) is 0. The van der Waals surface area contributed by atoms with E-state index >= 15 is 0 Å². The molecule has 2 aromatic rings. The van der Waals surface area contributed by atoms with E-state index in [0.29, 0.717) is 5.92 Å². The minimum Gasteiger partial charge on any atom is -0.481 e. The first-order valence-corrected chi connectivity index (χ1v) is 7.55. The topological polar surface area (TPSA) is 68.0 Å². The lowest BCUT2D eigenvalue weighted by Gasteiger charge is -2.13. The molecule has 2 rings (SSSR count). The molecule has 114 valence electrons. The van der Waals surface area contributed by atoms with Crippen LogP contribution in [-0.4, -0.2) is 25.8 Å². The molecule has 0 aliphatic heterocycles. The minimum absolute atomic E-state index is 0.0324. The van der Waals surface area contributed by atoms with Crippen LogP contribution in [0.5, 0.6) is 0 Å². The van der Waals surface area contributed by atoms with Crippen molar-refractivity contribution in [3.05, 3.63) is 23.0 Å². The summed E-state index contributed by atoms with van der Waals surface area (Å²) in [4.78, 5) is 15.8. The molecule has 0 saturated carbocycles. The Morgan fingerprint density at radius 2 is 2.00 bits per heavy atom. The first-order valence-electron chi connectivity index (χ1n) is 7.55. The fourth-order valence-corrected chi connectivity index (χ4v) is 2.78. The lowest BCUT2D eigenvalue weighted by molar-refractivity contribution is -0.136. The Labute approximate surface area is 125 Å². The van der Waals surface area contributed by atoms with Gasteiger partial charge in [0, 0.05) is 17.6 Å². The highest BCUT2D eigenvalue weighted by Gasteiger charge is 2.18. The van der Waals surface area contributed by atoms with Crippen LogP contribution in [0.15, 0.2) is 6.20 Å². The molecule has 0 amide bonds. The van der Waals surface area contributed by atoms with Gasteiger partial charge in [-0.25, -0.2) is 9.67 Å². The van der Waals surface area contributed by atoms with Crippen LogP contribution < -0.4 is 0 Å². The van der Waals surface area contributed by atoms with E-state index in [2.05, 4.69) is 25.9 Å². The molecule has 0 atom stereocenters. The predicted molar refractivity (Wildman–Crippen MR) is 82.5 cm³/mol. The monoisotopic (exact) mass is 289 g/mol. The van der Waals surface area contributed by atoms with Gasteiger partial charge in [-0.15, -0.1) is 0 Å². The summed E-state index contributed by atoms with van der Waals surface area (Å²) in [5.74, 6) is -0.320. The van der Waals surface area contributed by atoms with Crippen LogP contribution >= 0.6 is 0 Å². The van der Waals surface area contributed by atoms with Crippen LogP contribution in [0.1, 0.15) is 44.5 Å². The van der Waals surface area contributed by atoms with E-state index < -0.39 is 5.97 Å². The van der Waals surface area contributed by atoms with E-state index in [1.807, 2.05) is 17.8 Å². The van der Waals surface area contributed by atoms with Gasteiger partial charge >= 0.3 is 5.97 Å². The van der Waals surface area contributed by atoms with E-state index in [0.717, 1.165) is 47.2 Å². The Morgan fingerprint density at radius 1 is 1.29 bits per heavy atom. The lowest BCUT2D eigenvalue weighted by Crippen LogP contribution is -2.11. The molecule has 0 radical (unpaired) electrons. The summed E-state index contributed by atoms with van der Waals surface area (Å²) in [5.41, 5.74) is 3.71. The summed E-state index contributed by atoms with van der Waals surface area (Å²) in [5, 5.41) is 14.6. The highest BCUT2D eigenvalue weighted by atomic mass is 16.4. The summed E-state index contributed by atoms with van der Waals surface area (Å²) in [6.07, 6.45) is 3.39. The van der Waals surface area contributed by atoms with Crippen molar-refractivity contribution in [3.8, 4) is 0 Å². The highest BCUT2D eigenvalue weighted by molar-refractivity contribution is 5.83. The fourth-order valence-electron chi connectivity index (χ4n) is 2.78. The number of hydrogen-bond acceptors (Lipinski definition) is 3. The van der Waals surface area contributed by atoms with Gasteiger partial charge in [0.1, 0.15) is 0 Å². The van der Waals surface area contributed by atoms with Gasteiger partial charge < -0.3 is 5.11 Å². The van der Waals surface area contributed by atoms with Crippen molar-refractivity contribution in [1.82, 2.24) is 14.8 Å². The number of carboxylic acid groups (broad SMARTS) is 1. The summed E-state index contributed by atoms with van der Waals surface area (Å²) >= 11 is 0. The first kappa shape index (κ1) is 15.5. The highest BCUT2D eigenvalue weighted by Crippen LogP contribution is 2.25. The zero-order valence-electron chi connectivity index (χ0n) is 13.2. The van der Waals surface area contributed by atoms with Gasteiger partial charge in [0.25, 0.3) is 0 Å². The van der Waals surface area contributed by atoms with Gasteiger partial charge in [0.2, 0.25) is 0 Å². The van der Waals surface area contributed by atoms with Crippen molar-refractivity contribution in [1.29, 1.82) is 0 Å². The largest absolute Gasteiger partial charge is 0.481 e. The molecule has 0 bridgehead atoms. The maximum absolute atomic E-state index is 11.1. The van der Waals surface area contributed by atoms with E-state index in [9.17, 15) is 4.79 Å². The van der Waals surface area contributed by atoms with Gasteiger partial charge in [-0.3, -0.25) is 4.79 Å². The zero-order valence-corrected chi connectivity index (χ0v) is 13.2. The van der Waals surface area contributed by atoms with E-state index in [4.69, 9.17) is 10.1 Å². The van der Waals surface area contributed by atoms with Crippen molar-refractivity contribution >= 4 is 17.0 Å². The molecule has 5 heteroatoms. The Kier molecular flexibility index (Phi) is 4.60. The number of pyridine rings is 1. The van der Waals surface area contributed by atoms with Gasteiger partial charge in [0.15, 0.2) is 5.65 Å². The number of aromatic nitrogens is 3. The average Bonchev–Trinajstić information content (AvgIpc) is 2.79. The molecule has 0 aromatic carbocycles. The Balaban J connectivity index is 2.67. The van der Waals surface area contributed by atoms with Gasteiger partial charge in [-0.1, -0.05) is 27.7 Å². The quantitative estimate of drug-likeness (QED) is 0.888. The van der Waals surface area contributed by atoms with Crippen molar-refractivity contribution in [2.45, 2.75) is 53.5 Å². The second-order valence-electron chi connectivity index (χ2n) is 5.75. The van der Waals surface area contributed by atoms with Crippen LogP contribution in [0.25, 0.3) is 11.0 Å². The first-order chi connectivity index (χ1) is 9.97. The molecule has 0 fully saturated rings. The molecular weight excluding hydrogens is 266 g/mol. The number of aliphatic carboxylic acids is 1. The minimum atomic E-state index is -0.810. The molecule has 2 aromatic heterocycles. The number of carboxylic acids is 1. The third-order valence-corrected chi connectivity index (χ3v) is 3.64. The second-order valence-corrected chi connectivity index (χ2v) is 5.75. The normalized spacial score (nSPS) is 11.5. The number of rotatable bonds is 6. The molecule has 21 heavy (non-hydrogen) atoms. The summed E-state index contributed by atoms with van der Waals surface area (Å²) < 4.78 is 1.93. The molecule has 2 heterocycles. The molecule has 0 saturated heterocycles. The molecule has 1 N–H and O–H groups in total. The van der Waals surface area contributed by atoms with Crippen LogP contribution in [0.4, 0.5) is 0 Å². The van der Waals surface area contributed by atoms with Crippen molar-refractivity contribution in [3.63, 3.8) is 0 Å². The predicted octanol–water partition coefficient (Wildman–Crippen LogP) is 2.84. The Hall–Kier alpha value is -1.91. The van der Waals surface area contributed by atoms with Gasteiger partial charge in [-0.2, -0.15) is 5.10 Å². The maximum atomic E-state index is 11.1. The SMILES string of the molecule is CCc1nc2c(cnn2CC(C)C)c(CC)c1CC(=O)O. The average molecular weight is 289 g/mol. The van der Waals surface area contributed by atoms with Crippen molar-refractivity contribution in [2.75, 3.05) is 0 Å². The van der Waals surface area contributed by atoms with Gasteiger partial charge in [0.05, 0.1) is 12.6 Å². The van der Waals surface area contributed by atoms with E-state index in [1.54, 1.807) is 0 Å². The third-order valence-electron chi connectivity index (χ3n) is 3.64. The van der Waals surface area contributed by atoms with Crippen LogP contribution in [0.3, 0.4) is 0 Å². The van der Waals surface area contributed by atoms with Crippen LogP contribution in [-0.2, 0) is 30.6 Å².